The van der Waals surface area contributed by atoms with Crippen LogP contribution in [0.3, 0.4) is 0 Å². The molecule has 2 rings (SSSR count). The van der Waals surface area contributed by atoms with Gasteiger partial charge in [-0.15, -0.1) is 0 Å². The molecule has 1 aliphatic rings. The summed E-state index contributed by atoms with van der Waals surface area (Å²) in [6.45, 7) is 1.43. The van der Waals surface area contributed by atoms with Gasteiger partial charge in [0.05, 0.1) is 33.3 Å². The molecule has 11 heteroatoms. The highest BCUT2D eigenvalue weighted by molar-refractivity contribution is 7.90. The van der Waals surface area contributed by atoms with E-state index in [0.717, 1.165) is 6.42 Å². The molecule has 158 valence electrons. The second kappa shape index (κ2) is 8.56. The fraction of sp³-hybridized carbons (Fsp3) is 0.588. The van der Waals surface area contributed by atoms with Crippen LogP contribution in [0.4, 0.5) is 13.2 Å². The summed E-state index contributed by atoms with van der Waals surface area (Å²) in [6.07, 6.45) is 0.810. The summed E-state index contributed by atoms with van der Waals surface area (Å²) in [4.78, 5) is 12.1. The molecule has 1 heterocycles. The van der Waals surface area contributed by atoms with Crippen molar-refractivity contribution in [3.8, 4) is 11.5 Å². The molecule has 1 atom stereocenters. The molecule has 1 unspecified atom stereocenters. The molecule has 0 amide bonds. The van der Waals surface area contributed by atoms with E-state index in [0.29, 0.717) is 6.42 Å². The number of alkyl halides is 3. The third kappa shape index (κ3) is 4.35. The lowest BCUT2D eigenvalue weighted by Gasteiger charge is -2.25. The van der Waals surface area contributed by atoms with Crippen LogP contribution in [0, 0.1) is 0 Å². The fourth-order valence-corrected chi connectivity index (χ4v) is 4.06. The van der Waals surface area contributed by atoms with Gasteiger partial charge in [0.15, 0.2) is 0 Å². The van der Waals surface area contributed by atoms with E-state index in [-0.39, 0.29) is 33.5 Å². The van der Waals surface area contributed by atoms with Gasteiger partial charge in [-0.05, 0) is 18.1 Å². The summed E-state index contributed by atoms with van der Waals surface area (Å²) in [5.41, 5.74) is -5.03. The van der Waals surface area contributed by atoms with Crippen LogP contribution in [0.2, 0.25) is 0 Å². The van der Waals surface area contributed by atoms with Gasteiger partial charge in [0.2, 0.25) is 0 Å². The van der Waals surface area contributed by atoms with E-state index in [1.165, 1.54) is 26.4 Å². The van der Waals surface area contributed by atoms with Crippen LogP contribution >= 0.6 is 0 Å². The quantitative estimate of drug-likeness (QED) is 0.470. The SMILES string of the molecule is CCCCOC(=O)CC1c2cc(OC)cc(OC)c2CN1S(=O)(=O)C(F)(F)F. The van der Waals surface area contributed by atoms with Gasteiger partial charge in [-0.25, -0.2) is 8.42 Å². The summed E-state index contributed by atoms with van der Waals surface area (Å²) in [5, 5.41) is 0. The molecule has 0 aliphatic carbocycles. The van der Waals surface area contributed by atoms with Crippen molar-refractivity contribution in [1.82, 2.24) is 4.31 Å². The van der Waals surface area contributed by atoms with Gasteiger partial charge < -0.3 is 14.2 Å². The number of methoxy groups -OCH3 is 2. The first-order chi connectivity index (χ1) is 13.1. The first kappa shape index (κ1) is 22.3. The zero-order valence-electron chi connectivity index (χ0n) is 15.7. The minimum Gasteiger partial charge on any atom is -0.497 e. The molecule has 7 nitrogen and oxygen atoms in total. The average Bonchev–Trinajstić information content (AvgIpc) is 2.99. The number of nitrogens with zero attached hydrogens (tertiary/aromatic N) is 1. The maximum Gasteiger partial charge on any atom is 0.511 e. The number of sulfonamides is 1. The van der Waals surface area contributed by atoms with Gasteiger partial charge in [0, 0.05) is 18.2 Å². The Morgan fingerprint density at radius 3 is 2.46 bits per heavy atom. The average molecular weight is 425 g/mol. The van der Waals surface area contributed by atoms with E-state index in [1.54, 1.807) is 0 Å². The highest BCUT2D eigenvalue weighted by Gasteiger charge is 2.55. The Labute approximate surface area is 161 Å². The molecule has 0 saturated heterocycles. The van der Waals surface area contributed by atoms with Gasteiger partial charge in [-0.1, -0.05) is 13.3 Å². The van der Waals surface area contributed by atoms with E-state index in [4.69, 9.17) is 14.2 Å². The monoisotopic (exact) mass is 425 g/mol. The van der Waals surface area contributed by atoms with E-state index in [1.807, 2.05) is 6.92 Å². The Morgan fingerprint density at radius 2 is 1.93 bits per heavy atom. The summed E-state index contributed by atoms with van der Waals surface area (Å²) in [6, 6.07) is 1.48. The second-order valence-corrected chi connectivity index (χ2v) is 8.07. The van der Waals surface area contributed by atoms with Crippen molar-refractivity contribution in [3.05, 3.63) is 23.3 Å². The molecule has 0 aromatic heterocycles. The first-order valence-electron chi connectivity index (χ1n) is 8.55. The molecule has 0 spiro atoms. The van der Waals surface area contributed by atoms with Crippen molar-refractivity contribution in [3.63, 3.8) is 0 Å². The van der Waals surface area contributed by atoms with Gasteiger partial charge in [-0.3, -0.25) is 4.79 Å². The van der Waals surface area contributed by atoms with E-state index in [9.17, 15) is 26.4 Å². The minimum absolute atomic E-state index is 0.113. The minimum atomic E-state index is -5.68. The second-order valence-electron chi connectivity index (χ2n) is 6.19. The van der Waals surface area contributed by atoms with Gasteiger partial charge >= 0.3 is 21.5 Å². The number of fused-ring (bicyclic) bond motifs is 1. The number of unbranched alkanes of at least 4 members (excludes halogenated alkanes) is 1. The Kier molecular flexibility index (Phi) is 6.81. The van der Waals surface area contributed by atoms with E-state index >= 15 is 0 Å². The zero-order valence-corrected chi connectivity index (χ0v) is 16.5. The van der Waals surface area contributed by atoms with Gasteiger partial charge in [0.1, 0.15) is 11.5 Å². The lowest BCUT2D eigenvalue weighted by atomic mass is 10.0. The largest absolute Gasteiger partial charge is 0.511 e. The topological polar surface area (TPSA) is 82.1 Å². The molecule has 0 bridgehead atoms. The molecule has 0 saturated carbocycles. The standard InChI is InChI=1S/C17H22F3NO6S/c1-4-5-6-27-16(22)9-14-12-7-11(25-2)8-15(26-3)13(12)10-21(14)28(23,24)17(18,19)20/h7-8,14H,4-6,9-10H2,1-3H3. The zero-order chi connectivity index (χ0) is 21.1. The van der Waals surface area contributed by atoms with Crippen molar-refractivity contribution >= 4 is 16.0 Å². The first-order valence-corrected chi connectivity index (χ1v) is 9.99. The van der Waals surface area contributed by atoms with Crippen molar-refractivity contribution in [1.29, 1.82) is 0 Å². The van der Waals surface area contributed by atoms with Crippen molar-refractivity contribution in [2.75, 3.05) is 20.8 Å². The van der Waals surface area contributed by atoms with Crippen molar-refractivity contribution in [2.24, 2.45) is 0 Å². The summed E-state index contributed by atoms with van der Waals surface area (Å²) < 4.78 is 79.4. The van der Waals surface area contributed by atoms with Crippen LogP contribution in [0.5, 0.6) is 11.5 Å². The number of esters is 1. The summed E-state index contributed by atoms with van der Waals surface area (Å²) in [5.74, 6) is -0.333. The Bertz CT molecular complexity index is 825. The van der Waals surface area contributed by atoms with Crippen LogP contribution in [0.25, 0.3) is 0 Å². The maximum absolute atomic E-state index is 13.2. The number of benzene rings is 1. The smallest absolute Gasteiger partial charge is 0.497 e. The molecule has 0 radical (unpaired) electrons. The third-order valence-electron chi connectivity index (χ3n) is 4.42. The van der Waals surface area contributed by atoms with Crippen LogP contribution < -0.4 is 9.47 Å². The van der Waals surface area contributed by atoms with Crippen molar-refractivity contribution < 1.29 is 40.6 Å². The number of carbonyl (C=O) groups is 1. The van der Waals surface area contributed by atoms with Crippen LogP contribution in [-0.4, -0.2) is 45.0 Å². The molecule has 0 fully saturated rings. The number of rotatable bonds is 8. The molecule has 1 aromatic carbocycles. The Balaban J connectivity index is 2.47. The fourth-order valence-electron chi connectivity index (χ4n) is 2.97. The number of ether oxygens (including phenoxy) is 3. The number of halogens is 3. The number of hydrogen-bond donors (Lipinski definition) is 0. The molecule has 1 aromatic rings. The Morgan fingerprint density at radius 1 is 1.25 bits per heavy atom. The normalized spacial score (nSPS) is 17.3. The molecular formula is C17H22F3NO6S. The molecular weight excluding hydrogens is 403 g/mol. The molecule has 1 aliphatic heterocycles. The number of hydrogen-bond acceptors (Lipinski definition) is 6. The summed E-state index contributed by atoms with van der Waals surface area (Å²) in [7, 11) is -3.01. The lowest BCUT2D eigenvalue weighted by Crippen LogP contribution is -2.40. The van der Waals surface area contributed by atoms with E-state index in [2.05, 4.69) is 0 Å². The predicted octanol–water partition coefficient (Wildman–Crippen LogP) is 3.14. The Hall–Kier alpha value is -2.01. The van der Waals surface area contributed by atoms with Gasteiger partial charge in [0.25, 0.3) is 0 Å². The predicted molar refractivity (Wildman–Crippen MR) is 93.3 cm³/mol. The van der Waals surface area contributed by atoms with Crippen LogP contribution in [0.15, 0.2) is 12.1 Å². The van der Waals surface area contributed by atoms with Crippen LogP contribution in [-0.2, 0) is 26.1 Å². The molecule has 28 heavy (non-hydrogen) atoms. The van der Waals surface area contributed by atoms with Crippen molar-refractivity contribution in [2.45, 2.75) is 44.3 Å². The maximum atomic E-state index is 13.2. The summed E-state index contributed by atoms with van der Waals surface area (Å²) >= 11 is 0. The van der Waals surface area contributed by atoms with E-state index < -0.39 is 40.5 Å². The highest BCUT2D eigenvalue weighted by atomic mass is 32.2. The molecule has 0 N–H and O–H groups in total. The van der Waals surface area contributed by atoms with Crippen LogP contribution in [0.1, 0.15) is 43.4 Å². The highest BCUT2D eigenvalue weighted by Crippen LogP contribution is 2.47. The van der Waals surface area contributed by atoms with Gasteiger partial charge in [-0.2, -0.15) is 17.5 Å². The third-order valence-corrected chi connectivity index (χ3v) is 6.00. The lowest BCUT2D eigenvalue weighted by molar-refractivity contribution is -0.144. The number of carbonyl (C=O) groups excluding carboxylic acids is 1.